The topological polar surface area (TPSA) is 49.3 Å². The molecule has 2 N–H and O–H groups in total. The SMILES string of the molecule is Cc1cscc1C(=O)NCC(O)CC(C)(C)C. The second-order valence-electron chi connectivity index (χ2n) is 5.60. The molecule has 1 rings (SSSR count). The van der Waals surface area contributed by atoms with Crippen LogP contribution in [-0.4, -0.2) is 23.7 Å². The Labute approximate surface area is 107 Å². The molecule has 1 heterocycles. The lowest BCUT2D eigenvalue weighted by Gasteiger charge is -2.22. The number of amides is 1. The fourth-order valence-electron chi connectivity index (χ4n) is 1.68. The van der Waals surface area contributed by atoms with E-state index in [0.29, 0.717) is 18.5 Å². The van der Waals surface area contributed by atoms with E-state index in [-0.39, 0.29) is 11.3 Å². The number of carbonyl (C=O) groups excluding carboxylic acids is 1. The number of hydrogen-bond donors (Lipinski definition) is 2. The van der Waals surface area contributed by atoms with Gasteiger partial charge in [0.15, 0.2) is 0 Å². The molecule has 0 fully saturated rings. The van der Waals surface area contributed by atoms with Gasteiger partial charge in [-0.05, 0) is 29.7 Å². The van der Waals surface area contributed by atoms with E-state index < -0.39 is 6.10 Å². The van der Waals surface area contributed by atoms with Crippen LogP contribution in [0.5, 0.6) is 0 Å². The zero-order valence-corrected chi connectivity index (χ0v) is 11.7. The van der Waals surface area contributed by atoms with E-state index in [2.05, 4.69) is 26.1 Å². The van der Waals surface area contributed by atoms with E-state index in [1.807, 2.05) is 17.7 Å². The highest BCUT2D eigenvalue weighted by Gasteiger charge is 2.18. The summed E-state index contributed by atoms with van der Waals surface area (Å²) < 4.78 is 0. The van der Waals surface area contributed by atoms with Crippen molar-refractivity contribution in [2.45, 2.75) is 40.2 Å². The fraction of sp³-hybridized carbons (Fsp3) is 0.615. The lowest BCUT2D eigenvalue weighted by Crippen LogP contribution is -2.34. The van der Waals surface area contributed by atoms with Crippen molar-refractivity contribution in [2.24, 2.45) is 5.41 Å². The maximum Gasteiger partial charge on any atom is 0.252 e. The van der Waals surface area contributed by atoms with Crippen molar-refractivity contribution in [3.63, 3.8) is 0 Å². The molecule has 1 amide bonds. The second-order valence-corrected chi connectivity index (χ2v) is 6.34. The Hall–Kier alpha value is -0.870. The molecule has 0 bridgehead atoms. The molecule has 0 saturated carbocycles. The van der Waals surface area contributed by atoms with Gasteiger partial charge < -0.3 is 10.4 Å². The third-order valence-corrected chi connectivity index (χ3v) is 3.31. The molecule has 1 unspecified atom stereocenters. The minimum atomic E-state index is -0.488. The second kappa shape index (κ2) is 5.65. The van der Waals surface area contributed by atoms with Gasteiger partial charge in [0.2, 0.25) is 0 Å². The standard InChI is InChI=1S/C13H21NO2S/c1-9-7-17-8-11(9)12(16)14-6-10(15)5-13(2,3)4/h7-8,10,15H,5-6H2,1-4H3,(H,14,16). The van der Waals surface area contributed by atoms with E-state index >= 15 is 0 Å². The number of hydrogen-bond acceptors (Lipinski definition) is 3. The van der Waals surface area contributed by atoms with Gasteiger partial charge in [0.25, 0.3) is 5.91 Å². The lowest BCUT2D eigenvalue weighted by molar-refractivity contribution is 0.0868. The van der Waals surface area contributed by atoms with Crippen molar-refractivity contribution >= 4 is 17.2 Å². The Balaban J connectivity index is 2.42. The van der Waals surface area contributed by atoms with Gasteiger partial charge in [0.1, 0.15) is 0 Å². The summed E-state index contributed by atoms with van der Waals surface area (Å²) in [4.78, 5) is 11.8. The van der Waals surface area contributed by atoms with E-state index in [9.17, 15) is 9.90 Å². The van der Waals surface area contributed by atoms with Crippen molar-refractivity contribution in [3.05, 3.63) is 21.9 Å². The zero-order chi connectivity index (χ0) is 13.1. The molecule has 0 aliphatic carbocycles. The first kappa shape index (κ1) is 14.2. The quantitative estimate of drug-likeness (QED) is 0.868. The molecule has 17 heavy (non-hydrogen) atoms. The van der Waals surface area contributed by atoms with E-state index in [1.165, 1.54) is 11.3 Å². The summed E-state index contributed by atoms with van der Waals surface area (Å²) in [6.45, 7) is 8.44. The number of carbonyl (C=O) groups is 1. The molecule has 0 radical (unpaired) electrons. The Morgan fingerprint density at radius 3 is 2.59 bits per heavy atom. The molecule has 0 aromatic carbocycles. The average molecular weight is 255 g/mol. The monoisotopic (exact) mass is 255 g/mol. The Kier molecular flexibility index (Phi) is 4.71. The maximum absolute atomic E-state index is 11.8. The van der Waals surface area contributed by atoms with Gasteiger partial charge in [-0.2, -0.15) is 11.3 Å². The van der Waals surface area contributed by atoms with Crippen LogP contribution in [0.25, 0.3) is 0 Å². The molecule has 1 aromatic heterocycles. The van der Waals surface area contributed by atoms with Crippen molar-refractivity contribution in [1.29, 1.82) is 0 Å². The fourth-order valence-corrected chi connectivity index (χ4v) is 2.51. The summed E-state index contributed by atoms with van der Waals surface area (Å²) in [6, 6.07) is 0. The van der Waals surface area contributed by atoms with Crippen LogP contribution < -0.4 is 5.32 Å². The van der Waals surface area contributed by atoms with Crippen molar-refractivity contribution in [3.8, 4) is 0 Å². The van der Waals surface area contributed by atoms with Gasteiger partial charge in [-0.15, -0.1) is 0 Å². The lowest BCUT2D eigenvalue weighted by atomic mass is 9.89. The average Bonchev–Trinajstić information content (AvgIpc) is 2.58. The van der Waals surface area contributed by atoms with Crippen LogP contribution in [0.2, 0.25) is 0 Å². The van der Waals surface area contributed by atoms with Gasteiger partial charge in [-0.1, -0.05) is 20.8 Å². The van der Waals surface area contributed by atoms with Crippen molar-refractivity contribution < 1.29 is 9.90 Å². The summed E-state index contributed by atoms with van der Waals surface area (Å²) in [5.41, 5.74) is 1.76. The van der Waals surface area contributed by atoms with Gasteiger partial charge >= 0.3 is 0 Å². The van der Waals surface area contributed by atoms with Crippen LogP contribution in [0.1, 0.15) is 43.1 Å². The van der Waals surface area contributed by atoms with Crippen LogP contribution in [0.15, 0.2) is 10.8 Å². The minimum absolute atomic E-state index is 0.0719. The molecule has 4 heteroatoms. The summed E-state index contributed by atoms with van der Waals surface area (Å²) in [7, 11) is 0. The van der Waals surface area contributed by atoms with Crippen LogP contribution in [0.4, 0.5) is 0 Å². The summed E-state index contributed by atoms with van der Waals surface area (Å²) >= 11 is 1.52. The van der Waals surface area contributed by atoms with Crippen LogP contribution in [0.3, 0.4) is 0 Å². The third kappa shape index (κ3) is 4.88. The van der Waals surface area contributed by atoms with Crippen molar-refractivity contribution in [1.82, 2.24) is 5.32 Å². The Morgan fingerprint density at radius 2 is 2.12 bits per heavy atom. The Morgan fingerprint density at radius 1 is 1.47 bits per heavy atom. The highest BCUT2D eigenvalue weighted by atomic mass is 32.1. The molecule has 96 valence electrons. The number of rotatable bonds is 4. The smallest absolute Gasteiger partial charge is 0.252 e. The van der Waals surface area contributed by atoms with E-state index in [0.717, 1.165) is 5.56 Å². The summed E-state index contributed by atoms with van der Waals surface area (Å²) in [6.07, 6.45) is 0.188. The number of thiophene rings is 1. The number of nitrogens with one attached hydrogen (secondary N) is 1. The van der Waals surface area contributed by atoms with E-state index in [1.54, 1.807) is 0 Å². The first-order chi connectivity index (χ1) is 7.79. The van der Waals surface area contributed by atoms with Crippen LogP contribution >= 0.6 is 11.3 Å². The first-order valence-electron chi connectivity index (χ1n) is 5.78. The molecule has 1 atom stereocenters. The van der Waals surface area contributed by atoms with E-state index in [4.69, 9.17) is 0 Å². The van der Waals surface area contributed by atoms with Crippen molar-refractivity contribution in [2.75, 3.05) is 6.54 Å². The summed E-state index contributed by atoms with van der Waals surface area (Å²) in [5, 5.41) is 16.3. The Bertz CT molecular complexity index is 379. The highest BCUT2D eigenvalue weighted by molar-refractivity contribution is 7.08. The molecule has 1 aromatic rings. The van der Waals surface area contributed by atoms with Gasteiger partial charge in [0.05, 0.1) is 11.7 Å². The first-order valence-corrected chi connectivity index (χ1v) is 6.73. The molecular weight excluding hydrogens is 234 g/mol. The maximum atomic E-state index is 11.8. The van der Waals surface area contributed by atoms with Gasteiger partial charge in [-0.25, -0.2) is 0 Å². The predicted molar refractivity (Wildman–Crippen MR) is 71.5 cm³/mol. The molecular formula is C13H21NO2S. The predicted octanol–water partition coefficient (Wildman–Crippen LogP) is 2.58. The molecule has 0 saturated heterocycles. The van der Waals surface area contributed by atoms with Crippen LogP contribution in [0, 0.1) is 12.3 Å². The van der Waals surface area contributed by atoms with Gasteiger partial charge in [0, 0.05) is 11.9 Å². The molecule has 3 nitrogen and oxygen atoms in total. The zero-order valence-electron chi connectivity index (χ0n) is 10.9. The molecule has 0 spiro atoms. The van der Waals surface area contributed by atoms with Crippen LogP contribution in [-0.2, 0) is 0 Å². The third-order valence-electron chi connectivity index (χ3n) is 2.45. The summed E-state index contributed by atoms with van der Waals surface area (Å²) in [5.74, 6) is -0.100. The normalized spacial score (nSPS) is 13.5. The molecule has 0 aliphatic rings. The largest absolute Gasteiger partial charge is 0.391 e. The number of aryl methyl sites for hydroxylation is 1. The minimum Gasteiger partial charge on any atom is -0.391 e. The number of aliphatic hydroxyl groups is 1. The highest BCUT2D eigenvalue weighted by Crippen LogP contribution is 2.20. The molecule has 0 aliphatic heterocycles. The van der Waals surface area contributed by atoms with Gasteiger partial charge in [-0.3, -0.25) is 4.79 Å². The number of aliphatic hydroxyl groups excluding tert-OH is 1.